The highest BCUT2D eigenvalue weighted by Crippen LogP contribution is 2.17. The maximum atomic E-state index is 10.8. The number of hydrogen-bond acceptors (Lipinski definition) is 17. The highest BCUT2D eigenvalue weighted by atomic mass is 28.4. The summed E-state index contributed by atoms with van der Waals surface area (Å²) in [6.45, 7) is 4.68. The molecular formula is C33H76N2O15Si3. The Morgan fingerprint density at radius 1 is 0.453 bits per heavy atom. The Kier molecular flexibility index (Phi) is 33.0. The monoisotopic (exact) mass is 824 g/mol. The van der Waals surface area contributed by atoms with Crippen LogP contribution in [0.5, 0.6) is 0 Å². The van der Waals surface area contributed by atoms with E-state index in [1.54, 1.807) is 64.0 Å². The molecule has 320 valence electrons. The normalized spacial score (nSPS) is 14.7. The van der Waals surface area contributed by atoms with Crippen molar-refractivity contribution in [3.8, 4) is 0 Å². The third-order valence-electron chi connectivity index (χ3n) is 8.94. The fourth-order valence-corrected chi connectivity index (χ4v) is 10.8. The zero-order valence-electron chi connectivity index (χ0n) is 34.3. The Morgan fingerprint density at radius 3 is 1.15 bits per heavy atom. The lowest BCUT2D eigenvalue weighted by molar-refractivity contribution is -0.0110. The van der Waals surface area contributed by atoms with Crippen molar-refractivity contribution in [1.82, 2.24) is 10.2 Å². The molecule has 0 bridgehead atoms. The van der Waals surface area contributed by atoms with Gasteiger partial charge < -0.3 is 74.7 Å². The molecule has 0 rings (SSSR count). The number of nitrogens with one attached hydrogen (secondary N) is 1. The fraction of sp³-hybridized carbons (Fsp3) is 1.00. The summed E-state index contributed by atoms with van der Waals surface area (Å²) in [7, 11) is 6.35. The molecule has 0 aliphatic carbocycles. The molecule has 0 aromatic rings. The molecule has 0 aromatic carbocycles. The fourth-order valence-electron chi connectivity index (χ4n) is 5.72. The molecule has 0 amide bonds. The molecule has 0 radical (unpaired) electrons. The Balaban J connectivity index is 4.57. The van der Waals surface area contributed by atoms with Crippen molar-refractivity contribution in [3.05, 3.63) is 0 Å². The van der Waals surface area contributed by atoms with E-state index in [1.165, 1.54) is 0 Å². The molecule has 17 nitrogen and oxygen atoms in total. The molecule has 53 heavy (non-hydrogen) atoms. The zero-order chi connectivity index (χ0) is 39.9. The second kappa shape index (κ2) is 33.0. The molecule has 3 unspecified atom stereocenters. The van der Waals surface area contributed by atoms with Crippen LogP contribution in [0.1, 0.15) is 44.9 Å². The van der Waals surface area contributed by atoms with Gasteiger partial charge in [0.05, 0.1) is 38.1 Å². The van der Waals surface area contributed by atoms with Crippen LogP contribution < -0.4 is 5.32 Å². The van der Waals surface area contributed by atoms with Gasteiger partial charge in [-0.3, -0.25) is 4.90 Å². The summed E-state index contributed by atoms with van der Waals surface area (Å²) in [6.07, 6.45) is 3.95. The van der Waals surface area contributed by atoms with Gasteiger partial charge in [-0.15, -0.1) is 0 Å². The summed E-state index contributed by atoms with van der Waals surface area (Å²) in [5.74, 6) is 0. The standard InChI is InChI=1S/C33H76N2O15Si3/c1-39-51(40-2,41-3)22-14-19-48-28-31(36)25-34-17-12-10-11-13-18-35(26-32(37)29-49-20-15-23-52(42-4,43-5)44-6)27-33(38)30-50-21-16-24-53(45-7,46-8)47-9/h31-34,36-38H,10-30H2,1-9H3. The summed E-state index contributed by atoms with van der Waals surface area (Å²) in [5, 5.41) is 35.1. The quantitative estimate of drug-likeness (QED) is 0.0513. The lowest BCUT2D eigenvalue weighted by atomic mass is 10.1. The van der Waals surface area contributed by atoms with Crippen molar-refractivity contribution < 1.29 is 69.4 Å². The average molecular weight is 825 g/mol. The van der Waals surface area contributed by atoms with Crippen molar-refractivity contribution in [2.75, 3.05) is 136 Å². The van der Waals surface area contributed by atoms with Gasteiger partial charge in [0, 0.05) is 122 Å². The van der Waals surface area contributed by atoms with Crippen LogP contribution in [0.3, 0.4) is 0 Å². The van der Waals surface area contributed by atoms with E-state index in [2.05, 4.69) is 10.2 Å². The predicted octanol–water partition coefficient (Wildman–Crippen LogP) is 1.38. The smallest absolute Gasteiger partial charge is 0.389 e. The van der Waals surface area contributed by atoms with Gasteiger partial charge in [0.25, 0.3) is 0 Å². The first kappa shape index (κ1) is 53.0. The summed E-state index contributed by atoms with van der Waals surface area (Å²) in [4.78, 5) is 2.07. The van der Waals surface area contributed by atoms with Gasteiger partial charge in [-0.25, -0.2) is 0 Å². The van der Waals surface area contributed by atoms with Gasteiger partial charge in [-0.2, -0.15) is 0 Å². The van der Waals surface area contributed by atoms with Gasteiger partial charge >= 0.3 is 26.4 Å². The van der Waals surface area contributed by atoms with Crippen LogP contribution in [0, 0.1) is 0 Å². The third-order valence-corrected chi connectivity index (χ3v) is 17.4. The van der Waals surface area contributed by atoms with Gasteiger partial charge in [-0.1, -0.05) is 12.8 Å². The van der Waals surface area contributed by atoms with Gasteiger partial charge in [0.15, 0.2) is 0 Å². The topological polar surface area (TPSA) is 187 Å². The highest BCUT2D eigenvalue weighted by Gasteiger charge is 2.38. The van der Waals surface area contributed by atoms with Crippen LogP contribution in [0.2, 0.25) is 18.1 Å². The number of rotatable bonds is 40. The Bertz CT molecular complexity index is 759. The maximum Gasteiger partial charge on any atom is 0.500 e. The molecule has 0 fully saturated rings. The van der Waals surface area contributed by atoms with Crippen LogP contribution in [0.25, 0.3) is 0 Å². The van der Waals surface area contributed by atoms with Crippen molar-refractivity contribution >= 4 is 26.4 Å². The predicted molar refractivity (Wildman–Crippen MR) is 207 cm³/mol. The van der Waals surface area contributed by atoms with E-state index in [1.807, 2.05) is 0 Å². The molecule has 0 aromatic heterocycles. The van der Waals surface area contributed by atoms with E-state index in [0.717, 1.165) is 38.6 Å². The Labute approximate surface area is 323 Å². The summed E-state index contributed by atoms with van der Waals surface area (Å²) < 4.78 is 66.1. The molecule has 3 atom stereocenters. The number of nitrogens with zero attached hydrogens (tertiary/aromatic N) is 1. The largest absolute Gasteiger partial charge is 0.500 e. The molecule has 0 spiro atoms. The second-order valence-corrected chi connectivity index (χ2v) is 22.0. The minimum absolute atomic E-state index is 0.176. The van der Waals surface area contributed by atoms with Crippen molar-refractivity contribution in [2.45, 2.75) is 81.4 Å². The Morgan fingerprint density at radius 2 is 0.792 bits per heavy atom. The highest BCUT2D eigenvalue weighted by molar-refractivity contribution is 6.61. The molecule has 0 saturated carbocycles. The average Bonchev–Trinajstić information content (AvgIpc) is 3.17. The minimum Gasteiger partial charge on any atom is -0.389 e. The number of aliphatic hydroxyl groups excluding tert-OH is 3. The van der Waals surface area contributed by atoms with Crippen LogP contribution in [-0.2, 0) is 54.0 Å². The SMILES string of the molecule is CO[Si](CCCOCC(O)CNCCCCCCN(CC(O)COCCC[Si](OC)(OC)OC)CC(O)COCCC[Si](OC)(OC)OC)(OC)OC. The molecule has 20 heteroatoms. The van der Waals surface area contributed by atoms with Crippen molar-refractivity contribution in [1.29, 1.82) is 0 Å². The second-order valence-electron chi connectivity index (χ2n) is 12.8. The molecule has 0 saturated heterocycles. The third kappa shape index (κ3) is 24.4. The van der Waals surface area contributed by atoms with E-state index >= 15 is 0 Å². The maximum absolute atomic E-state index is 10.8. The van der Waals surface area contributed by atoms with E-state index in [9.17, 15) is 15.3 Å². The molecule has 0 aliphatic rings. The minimum atomic E-state index is -2.66. The lowest BCUT2D eigenvalue weighted by Gasteiger charge is -2.27. The van der Waals surface area contributed by atoms with E-state index in [-0.39, 0.29) is 19.8 Å². The van der Waals surface area contributed by atoms with Crippen LogP contribution >= 0.6 is 0 Å². The number of hydrogen-bond donors (Lipinski definition) is 4. The Hall–Kier alpha value is -0.0294. The number of aliphatic hydroxyl groups is 3. The first-order chi connectivity index (χ1) is 25.5. The number of ether oxygens (including phenoxy) is 3. The van der Waals surface area contributed by atoms with E-state index in [4.69, 9.17) is 54.0 Å². The number of unbranched alkanes of at least 4 members (excludes halogenated alkanes) is 3. The van der Waals surface area contributed by atoms with Crippen LogP contribution in [0.4, 0.5) is 0 Å². The molecule has 0 heterocycles. The zero-order valence-corrected chi connectivity index (χ0v) is 37.3. The van der Waals surface area contributed by atoms with Crippen LogP contribution in [-0.4, -0.2) is 201 Å². The van der Waals surface area contributed by atoms with Gasteiger partial charge in [0.1, 0.15) is 0 Å². The first-order valence-electron chi connectivity index (χ1n) is 18.7. The van der Waals surface area contributed by atoms with Gasteiger partial charge in [0.2, 0.25) is 0 Å². The summed E-state index contributed by atoms with van der Waals surface area (Å²) in [5.41, 5.74) is 0. The van der Waals surface area contributed by atoms with Gasteiger partial charge in [-0.05, 0) is 45.2 Å². The van der Waals surface area contributed by atoms with E-state index in [0.29, 0.717) is 77.0 Å². The molecule has 4 N–H and O–H groups in total. The van der Waals surface area contributed by atoms with Crippen LogP contribution in [0.15, 0.2) is 0 Å². The first-order valence-corrected chi connectivity index (χ1v) is 24.5. The van der Waals surface area contributed by atoms with Crippen molar-refractivity contribution in [3.63, 3.8) is 0 Å². The molecule has 0 aliphatic heterocycles. The lowest BCUT2D eigenvalue weighted by Crippen LogP contribution is -2.43. The summed E-state index contributed by atoms with van der Waals surface area (Å²) in [6, 6.07) is 1.88. The van der Waals surface area contributed by atoms with Crippen molar-refractivity contribution in [2.24, 2.45) is 0 Å². The molecular weight excluding hydrogens is 749 g/mol. The van der Waals surface area contributed by atoms with E-state index < -0.39 is 44.7 Å². The summed E-state index contributed by atoms with van der Waals surface area (Å²) >= 11 is 0.